The summed E-state index contributed by atoms with van der Waals surface area (Å²) in [5.74, 6) is -1.16. The standard InChI is InChI=1S/C17H16N2O4/c1-12(18-19-17(22)14-5-3-2-4-6-14)13-7-9-15(10-8-13)23-11-16(20)21/h2-10H,11H2,1H3,(H,19,22)(H,20,21)/p-1/b18-12-. The van der Waals surface area contributed by atoms with E-state index in [1.807, 2.05) is 6.07 Å². The third kappa shape index (κ3) is 4.96. The molecule has 2 aromatic rings. The third-order valence-corrected chi connectivity index (χ3v) is 2.99. The van der Waals surface area contributed by atoms with Gasteiger partial charge in [0.15, 0.2) is 0 Å². The van der Waals surface area contributed by atoms with E-state index in [0.29, 0.717) is 17.0 Å². The van der Waals surface area contributed by atoms with Gasteiger partial charge in [0.2, 0.25) is 0 Å². The SMILES string of the molecule is C/C(=N/NC(=O)c1ccccc1)c1ccc(OCC(=O)[O-])cc1. The van der Waals surface area contributed by atoms with Crippen LogP contribution in [0.4, 0.5) is 0 Å². The lowest BCUT2D eigenvalue weighted by Crippen LogP contribution is -2.28. The number of hydrogen-bond acceptors (Lipinski definition) is 5. The normalized spacial score (nSPS) is 10.9. The van der Waals surface area contributed by atoms with E-state index in [1.54, 1.807) is 55.5 Å². The van der Waals surface area contributed by atoms with E-state index in [4.69, 9.17) is 4.74 Å². The van der Waals surface area contributed by atoms with Crippen molar-refractivity contribution < 1.29 is 19.4 Å². The molecule has 0 aromatic heterocycles. The fourth-order valence-corrected chi connectivity index (χ4v) is 1.79. The summed E-state index contributed by atoms with van der Waals surface area (Å²) < 4.78 is 4.99. The number of hydrogen-bond donors (Lipinski definition) is 1. The van der Waals surface area contributed by atoms with Crippen molar-refractivity contribution in [1.29, 1.82) is 0 Å². The van der Waals surface area contributed by atoms with Crippen molar-refractivity contribution in [2.75, 3.05) is 6.61 Å². The molecule has 23 heavy (non-hydrogen) atoms. The number of aliphatic carboxylic acids is 1. The summed E-state index contributed by atoms with van der Waals surface area (Å²) >= 11 is 0. The number of carboxylic acid groups (broad SMARTS) is 1. The Morgan fingerprint density at radius 1 is 1.04 bits per heavy atom. The number of carboxylic acids is 1. The minimum Gasteiger partial charge on any atom is -0.546 e. The number of hydrazone groups is 1. The number of ether oxygens (including phenoxy) is 1. The van der Waals surface area contributed by atoms with Crippen LogP contribution < -0.4 is 15.3 Å². The molecule has 118 valence electrons. The number of nitrogens with zero attached hydrogens (tertiary/aromatic N) is 1. The summed E-state index contributed by atoms with van der Waals surface area (Å²) in [5, 5.41) is 14.4. The second kappa shape index (κ2) is 7.74. The van der Waals surface area contributed by atoms with Gasteiger partial charge < -0.3 is 14.6 Å². The Morgan fingerprint density at radius 2 is 1.70 bits per heavy atom. The summed E-state index contributed by atoms with van der Waals surface area (Å²) in [4.78, 5) is 22.2. The molecule has 0 bridgehead atoms. The first-order valence-corrected chi connectivity index (χ1v) is 6.89. The molecule has 6 nitrogen and oxygen atoms in total. The average molecular weight is 311 g/mol. The largest absolute Gasteiger partial charge is 0.546 e. The van der Waals surface area contributed by atoms with E-state index < -0.39 is 12.6 Å². The monoisotopic (exact) mass is 311 g/mol. The number of rotatable bonds is 6. The summed E-state index contributed by atoms with van der Waals surface area (Å²) in [6.45, 7) is 1.25. The lowest BCUT2D eigenvalue weighted by atomic mass is 10.1. The maximum Gasteiger partial charge on any atom is 0.271 e. The Morgan fingerprint density at radius 3 is 2.30 bits per heavy atom. The molecular weight excluding hydrogens is 296 g/mol. The Balaban J connectivity index is 1.98. The van der Waals surface area contributed by atoms with Gasteiger partial charge in [-0.25, -0.2) is 5.43 Å². The smallest absolute Gasteiger partial charge is 0.271 e. The van der Waals surface area contributed by atoms with Gasteiger partial charge in [0.25, 0.3) is 5.91 Å². The Bertz CT molecular complexity index is 709. The first-order valence-electron chi connectivity index (χ1n) is 6.89. The highest BCUT2D eigenvalue weighted by atomic mass is 16.5. The molecule has 0 aliphatic carbocycles. The minimum atomic E-state index is -1.28. The van der Waals surface area contributed by atoms with Gasteiger partial charge >= 0.3 is 0 Å². The second-order valence-electron chi connectivity index (χ2n) is 4.69. The number of benzene rings is 2. The summed E-state index contributed by atoms with van der Waals surface area (Å²) in [7, 11) is 0. The third-order valence-electron chi connectivity index (χ3n) is 2.99. The zero-order valence-electron chi connectivity index (χ0n) is 12.5. The predicted octanol–water partition coefficient (Wildman–Crippen LogP) is 0.969. The molecule has 0 saturated carbocycles. The average Bonchev–Trinajstić information content (AvgIpc) is 2.58. The highest BCUT2D eigenvalue weighted by molar-refractivity contribution is 6.00. The molecule has 6 heteroatoms. The van der Waals surface area contributed by atoms with Crippen LogP contribution in [-0.2, 0) is 4.79 Å². The van der Waals surface area contributed by atoms with Crippen molar-refractivity contribution in [3.63, 3.8) is 0 Å². The lowest BCUT2D eigenvalue weighted by Gasteiger charge is -2.07. The molecule has 0 heterocycles. The van der Waals surface area contributed by atoms with Crippen molar-refractivity contribution in [2.24, 2.45) is 5.10 Å². The summed E-state index contributed by atoms with van der Waals surface area (Å²) in [6, 6.07) is 15.5. The first-order chi connectivity index (χ1) is 11.1. The van der Waals surface area contributed by atoms with Gasteiger partial charge in [-0.1, -0.05) is 18.2 Å². The molecule has 0 aliphatic rings. The van der Waals surface area contributed by atoms with Crippen LogP contribution in [0.15, 0.2) is 59.7 Å². The minimum absolute atomic E-state index is 0.293. The van der Waals surface area contributed by atoms with Gasteiger partial charge in [0.1, 0.15) is 12.4 Å². The van der Waals surface area contributed by atoms with E-state index in [2.05, 4.69) is 10.5 Å². The summed E-state index contributed by atoms with van der Waals surface area (Å²) in [6.07, 6.45) is 0. The molecule has 0 unspecified atom stereocenters. The molecular formula is C17H15N2O4-. The molecule has 0 saturated heterocycles. The van der Waals surface area contributed by atoms with Crippen LogP contribution in [0.25, 0.3) is 0 Å². The van der Waals surface area contributed by atoms with Crippen LogP contribution in [0.3, 0.4) is 0 Å². The van der Waals surface area contributed by atoms with Crippen molar-refractivity contribution in [3.05, 3.63) is 65.7 Å². The highest BCUT2D eigenvalue weighted by Gasteiger charge is 2.04. The zero-order valence-corrected chi connectivity index (χ0v) is 12.5. The van der Waals surface area contributed by atoms with Crippen molar-refractivity contribution in [1.82, 2.24) is 5.43 Å². The van der Waals surface area contributed by atoms with Crippen molar-refractivity contribution >= 4 is 17.6 Å². The van der Waals surface area contributed by atoms with E-state index in [1.165, 1.54) is 0 Å². The zero-order chi connectivity index (χ0) is 16.7. The molecule has 0 radical (unpaired) electrons. The first kappa shape index (κ1) is 16.2. The number of carbonyl (C=O) groups is 2. The fourth-order valence-electron chi connectivity index (χ4n) is 1.79. The van der Waals surface area contributed by atoms with Gasteiger partial charge in [0, 0.05) is 5.56 Å². The maximum absolute atomic E-state index is 11.9. The molecule has 2 rings (SSSR count). The van der Waals surface area contributed by atoms with Gasteiger partial charge in [-0.05, 0) is 48.9 Å². The molecule has 2 aromatic carbocycles. The molecule has 0 aliphatic heterocycles. The predicted molar refractivity (Wildman–Crippen MR) is 83.1 cm³/mol. The van der Waals surface area contributed by atoms with Crippen LogP contribution in [0.1, 0.15) is 22.8 Å². The van der Waals surface area contributed by atoms with Crippen LogP contribution >= 0.6 is 0 Å². The second-order valence-corrected chi connectivity index (χ2v) is 4.69. The van der Waals surface area contributed by atoms with E-state index in [-0.39, 0.29) is 5.91 Å². The molecule has 1 N–H and O–H groups in total. The molecule has 1 amide bonds. The van der Waals surface area contributed by atoms with E-state index in [9.17, 15) is 14.7 Å². The van der Waals surface area contributed by atoms with Crippen molar-refractivity contribution in [3.8, 4) is 5.75 Å². The van der Waals surface area contributed by atoms with Gasteiger partial charge in [0.05, 0.1) is 11.7 Å². The quantitative estimate of drug-likeness (QED) is 0.635. The van der Waals surface area contributed by atoms with Gasteiger partial charge in [-0.3, -0.25) is 4.79 Å². The van der Waals surface area contributed by atoms with Crippen molar-refractivity contribution in [2.45, 2.75) is 6.92 Å². The number of nitrogens with one attached hydrogen (secondary N) is 1. The maximum atomic E-state index is 11.9. The van der Waals surface area contributed by atoms with Crippen LogP contribution in [0.5, 0.6) is 5.75 Å². The fraction of sp³-hybridized carbons (Fsp3) is 0.118. The van der Waals surface area contributed by atoms with E-state index in [0.717, 1.165) is 5.56 Å². The Labute approximate surface area is 133 Å². The highest BCUT2D eigenvalue weighted by Crippen LogP contribution is 2.12. The van der Waals surface area contributed by atoms with Crippen LogP contribution in [0, 0.1) is 0 Å². The Hall–Kier alpha value is -3.15. The van der Waals surface area contributed by atoms with Crippen LogP contribution in [-0.4, -0.2) is 24.2 Å². The van der Waals surface area contributed by atoms with Gasteiger partial charge in [-0.2, -0.15) is 5.10 Å². The molecule has 0 spiro atoms. The number of amides is 1. The lowest BCUT2D eigenvalue weighted by molar-refractivity contribution is -0.307. The molecule has 0 fully saturated rings. The number of carbonyl (C=O) groups excluding carboxylic acids is 2. The Kier molecular flexibility index (Phi) is 5.46. The van der Waals surface area contributed by atoms with Crippen LogP contribution in [0.2, 0.25) is 0 Å². The summed E-state index contributed by atoms with van der Waals surface area (Å²) in [5.41, 5.74) is 4.40. The van der Waals surface area contributed by atoms with Gasteiger partial charge in [-0.15, -0.1) is 0 Å². The van der Waals surface area contributed by atoms with E-state index >= 15 is 0 Å². The topological polar surface area (TPSA) is 90.8 Å². The molecule has 0 atom stereocenters.